The van der Waals surface area contributed by atoms with E-state index < -0.39 is 0 Å². The fourth-order valence-corrected chi connectivity index (χ4v) is 3.41. The van der Waals surface area contributed by atoms with Crippen LogP contribution < -0.4 is 4.74 Å². The van der Waals surface area contributed by atoms with Gasteiger partial charge in [-0.15, -0.1) is 0 Å². The predicted molar refractivity (Wildman–Crippen MR) is 100.0 cm³/mol. The second kappa shape index (κ2) is 7.23. The molecule has 1 aliphatic heterocycles. The summed E-state index contributed by atoms with van der Waals surface area (Å²) in [6, 6.07) is 15.4. The van der Waals surface area contributed by atoms with E-state index in [1.54, 1.807) is 7.11 Å². The number of likely N-dealkylation sites (tertiary alicyclic amines) is 1. The number of carbonyl (C=O) groups is 1. The van der Waals surface area contributed by atoms with Crippen molar-refractivity contribution in [2.45, 2.75) is 32.4 Å². The van der Waals surface area contributed by atoms with Gasteiger partial charge in [0.15, 0.2) is 0 Å². The van der Waals surface area contributed by atoms with E-state index in [1.165, 1.54) is 5.56 Å². The molecule has 4 rings (SSSR count). The summed E-state index contributed by atoms with van der Waals surface area (Å²) in [5.41, 5.74) is 3.11. The van der Waals surface area contributed by atoms with E-state index in [0.717, 1.165) is 16.9 Å². The van der Waals surface area contributed by atoms with E-state index in [9.17, 15) is 4.79 Å². The zero-order valence-electron chi connectivity index (χ0n) is 15.4. The highest BCUT2D eigenvalue weighted by Crippen LogP contribution is 2.34. The van der Waals surface area contributed by atoms with Crippen molar-refractivity contribution < 1.29 is 14.1 Å². The predicted octanol–water partition coefficient (Wildman–Crippen LogP) is 3.92. The second-order valence-electron chi connectivity index (χ2n) is 6.69. The topological polar surface area (TPSA) is 68.5 Å². The summed E-state index contributed by atoms with van der Waals surface area (Å²) < 4.78 is 10.8. The summed E-state index contributed by atoms with van der Waals surface area (Å²) in [5, 5.41) is 4.11. The van der Waals surface area contributed by atoms with Gasteiger partial charge >= 0.3 is 0 Å². The van der Waals surface area contributed by atoms with Gasteiger partial charge in [-0.1, -0.05) is 41.6 Å². The summed E-state index contributed by atoms with van der Waals surface area (Å²) in [6.07, 6.45) is 1.18. The molecule has 0 aliphatic carbocycles. The van der Waals surface area contributed by atoms with E-state index in [2.05, 4.69) is 23.1 Å². The van der Waals surface area contributed by atoms with Gasteiger partial charge in [-0.2, -0.15) is 4.98 Å². The first-order valence-electron chi connectivity index (χ1n) is 8.97. The van der Waals surface area contributed by atoms with Crippen LogP contribution in [0.4, 0.5) is 0 Å². The molecule has 1 unspecified atom stereocenters. The number of aromatic nitrogens is 2. The van der Waals surface area contributed by atoms with Gasteiger partial charge in [-0.3, -0.25) is 4.79 Å². The third-order valence-corrected chi connectivity index (χ3v) is 4.98. The van der Waals surface area contributed by atoms with Crippen molar-refractivity contribution in [2.24, 2.45) is 0 Å². The lowest BCUT2D eigenvalue weighted by molar-refractivity contribution is -0.130. The van der Waals surface area contributed by atoms with Crippen LogP contribution in [0.5, 0.6) is 5.75 Å². The third-order valence-electron chi connectivity index (χ3n) is 4.98. The Balaban J connectivity index is 1.59. The van der Waals surface area contributed by atoms with Crippen molar-refractivity contribution in [3.05, 3.63) is 65.5 Å². The Morgan fingerprint density at radius 1 is 1.22 bits per heavy atom. The van der Waals surface area contributed by atoms with Crippen molar-refractivity contribution in [2.75, 3.05) is 7.11 Å². The maximum atomic E-state index is 12.5. The monoisotopic (exact) mass is 363 g/mol. The number of hydrogen-bond acceptors (Lipinski definition) is 5. The molecular formula is C21H21N3O3. The average Bonchev–Trinajstić information content (AvgIpc) is 3.31. The largest absolute Gasteiger partial charge is 0.497 e. The fourth-order valence-electron chi connectivity index (χ4n) is 3.41. The molecule has 1 atom stereocenters. The number of aryl methyl sites for hydroxylation is 1. The number of amides is 1. The average molecular weight is 363 g/mol. The first-order valence-corrected chi connectivity index (χ1v) is 8.97. The molecule has 138 valence electrons. The molecule has 0 radical (unpaired) electrons. The number of nitrogens with zero attached hydrogens (tertiary/aromatic N) is 3. The van der Waals surface area contributed by atoms with Gasteiger partial charge in [0.25, 0.3) is 0 Å². The zero-order chi connectivity index (χ0) is 18.8. The van der Waals surface area contributed by atoms with Crippen LogP contribution in [0.3, 0.4) is 0 Å². The van der Waals surface area contributed by atoms with Crippen LogP contribution in [0.2, 0.25) is 0 Å². The Morgan fingerprint density at radius 3 is 2.89 bits per heavy atom. The molecule has 2 heterocycles. The van der Waals surface area contributed by atoms with Gasteiger partial charge in [0, 0.05) is 18.5 Å². The van der Waals surface area contributed by atoms with Gasteiger partial charge < -0.3 is 14.2 Å². The van der Waals surface area contributed by atoms with Crippen molar-refractivity contribution in [3.63, 3.8) is 0 Å². The number of ether oxygens (including phenoxy) is 1. The lowest BCUT2D eigenvalue weighted by Gasteiger charge is -2.23. The van der Waals surface area contributed by atoms with Gasteiger partial charge in [-0.05, 0) is 36.6 Å². The van der Waals surface area contributed by atoms with E-state index in [1.807, 2.05) is 47.4 Å². The lowest BCUT2D eigenvalue weighted by atomic mass is 10.1. The lowest BCUT2D eigenvalue weighted by Crippen LogP contribution is -2.27. The van der Waals surface area contributed by atoms with Crippen LogP contribution in [0, 0.1) is 6.92 Å². The number of rotatable bonds is 5. The first kappa shape index (κ1) is 17.3. The molecule has 0 spiro atoms. The van der Waals surface area contributed by atoms with Crippen LogP contribution >= 0.6 is 0 Å². The van der Waals surface area contributed by atoms with Crippen LogP contribution in [0.15, 0.2) is 53.1 Å². The van der Waals surface area contributed by atoms with Gasteiger partial charge in [0.05, 0.1) is 7.11 Å². The van der Waals surface area contributed by atoms with E-state index in [0.29, 0.717) is 31.1 Å². The highest BCUT2D eigenvalue weighted by molar-refractivity contribution is 5.79. The standard InChI is InChI=1S/C21H21N3O3/c1-14-6-3-4-7-16(14)13-24-18(10-11-19(24)25)21-22-20(23-27-21)15-8-5-9-17(12-15)26-2/h3-9,12,18H,10-11,13H2,1-2H3. The number of benzene rings is 2. The molecule has 1 amide bonds. The Bertz CT molecular complexity index is 967. The van der Waals surface area contributed by atoms with Crippen molar-refractivity contribution >= 4 is 5.91 Å². The summed E-state index contributed by atoms with van der Waals surface area (Å²) in [6.45, 7) is 2.60. The van der Waals surface area contributed by atoms with Crippen LogP contribution in [0.25, 0.3) is 11.4 Å². The SMILES string of the molecule is COc1cccc(-c2noc(C3CCC(=O)N3Cc3ccccc3C)n2)c1. The molecule has 0 N–H and O–H groups in total. The minimum Gasteiger partial charge on any atom is -0.497 e. The number of hydrogen-bond donors (Lipinski definition) is 0. The fraction of sp³-hybridized carbons (Fsp3) is 0.286. The summed E-state index contributed by atoms with van der Waals surface area (Å²) in [5.74, 6) is 1.83. The highest BCUT2D eigenvalue weighted by atomic mass is 16.5. The molecule has 3 aromatic rings. The van der Waals surface area contributed by atoms with Crippen LogP contribution in [-0.2, 0) is 11.3 Å². The Kier molecular flexibility index (Phi) is 4.62. The van der Waals surface area contributed by atoms with Gasteiger partial charge in [0.1, 0.15) is 11.8 Å². The molecular weight excluding hydrogens is 342 g/mol. The Morgan fingerprint density at radius 2 is 2.07 bits per heavy atom. The molecule has 6 heteroatoms. The highest BCUT2D eigenvalue weighted by Gasteiger charge is 2.36. The molecule has 1 fully saturated rings. The summed E-state index contributed by atoms with van der Waals surface area (Å²) >= 11 is 0. The van der Waals surface area contributed by atoms with Crippen molar-refractivity contribution in [1.82, 2.24) is 15.0 Å². The maximum absolute atomic E-state index is 12.5. The smallest absolute Gasteiger partial charge is 0.249 e. The van der Waals surface area contributed by atoms with Crippen LogP contribution in [-0.4, -0.2) is 28.1 Å². The summed E-state index contributed by atoms with van der Waals surface area (Å²) in [7, 11) is 1.62. The van der Waals surface area contributed by atoms with E-state index in [-0.39, 0.29) is 11.9 Å². The van der Waals surface area contributed by atoms with Crippen molar-refractivity contribution in [3.8, 4) is 17.1 Å². The van der Waals surface area contributed by atoms with Gasteiger partial charge in [-0.25, -0.2) is 0 Å². The Hall–Kier alpha value is -3.15. The Labute approximate surface area is 157 Å². The molecule has 6 nitrogen and oxygen atoms in total. The molecule has 1 aromatic heterocycles. The molecule has 0 bridgehead atoms. The normalized spacial score (nSPS) is 16.7. The first-order chi connectivity index (χ1) is 13.2. The molecule has 0 saturated carbocycles. The van der Waals surface area contributed by atoms with Crippen LogP contribution in [0.1, 0.15) is 35.9 Å². The number of carbonyl (C=O) groups excluding carboxylic acids is 1. The number of methoxy groups -OCH3 is 1. The van der Waals surface area contributed by atoms with E-state index in [4.69, 9.17) is 9.26 Å². The zero-order valence-corrected chi connectivity index (χ0v) is 15.4. The maximum Gasteiger partial charge on any atom is 0.249 e. The molecule has 1 saturated heterocycles. The third kappa shape index (κ3) is 3.43. The minimum atomic E-state index is -0.191. The molecule has 1 aliphatic rings. The van der Waals surface area contributed by atoms with E-state index >= 15 is 0 Å². The summed E-state index contributed by atoms with van der Waals surface area (Å²) in [4.78, 5) is 18.9. The minimum absolute atomic E-state index is 0.115. The second-order valence-corrected chi connectivity index (χ2v) is 6.69. The molecule has 27 heavy (non-hydrogen) atoms. The molecule has 2 aromatic carbocycles. The van der Waals surface area contributed by atoms with Crippen molar-refractivity contribution in [1.29, 1.82) is 0 Å². The van der Waals surface area contributed by atoms with Gasteiger partial charge in [0.2, 0.25) is 17.6 Å². The quantitative estimate of drug-likeness (QED) is 0.687.